The van der Waals surface area contributed by atoms with Crippen LogP contribution in [0, 0.1) is 6.92 Å². The quantitative estimate of drug-likeness (QED) is 0.567. The molecular weight excluding hydrogens is 378 g/mol. The Morgan fingerprint density at radius 1 is 1.07 bits per heavy atom. The third kappa shape index (κ3) is 3.44. The number of fused-ring (bicyclic) bond motifs is 1. The summed E-state index contributed by atoms with van der Waals surface area (Å²) in [6.45, 7) is 2.89. The van der Waals surface area contributed by atoms with Gasteiger partial charge in [-0.15, -0.1) is 0 Å². The Balaban J connectivity index is 1.50. The number of rotatable bonds is 4. The Morgan fingerprint density at radius 3 is 2.77 bits per heavy atom. The summed E-state index contributed by atoms with van der Waals surface area (Å²) in [6.07, 6.45) is 3.43. The maximum Gasteiger partial charge on any atom is 0.267 e. The standard InChI is InChI=1S/C23H21N5O2/c1-15-12-20(17-4-2-3-5-19(17)25-15)26-21-13-30-14-22(21)28-23(29)7-6-18(27-28)16-8-10-24-11-9-16/h2-12,21-22H,13-14H2,1H3,(H,25,26). The fourth-order valence-electron chi connectivity index (χ4n) is 3.89. The lowest BCUT2D eigenvalue weighted by molar-refractivity contribution is 0.183. The van der Waals surface area contributed by atoms with Crippen LogP contribution in [0.4, 0.5) is 5.69 Å². The van der Waals surface area contributed by atoms with E-state index in [0.717, 1.165) is 33.5 Å². The molecule has 1 aliphatic rings. The number of aromatic nitrogens is 4. The number of anilines is 1. The smallest absolute Gasteiger partial charge is 0.267 e. The SMILES string of the molecule is Cc1cc(NC2COCC2n2nc(-c3ccncc3)ccc2=O)c2ccccc2n1. The fourth-order valence-corrected chi connectivity index (χ4v) is 3.89. The highest BCUT2D eigenvalue weighted by Crippen LogP contribution is 2.28. The molecule has 7 heteroatoms. The van der Waals surface area contributed by atoms with Gasteiger partial charge in [0.05, 0.1) is 30.5 Å². The van der Waals surface area contributed by atoms with Gasteiger partial charge in [0.25, 0.3) is 5.56 Å². The number of hydrogen-bond acceptors (Lipinski definition) is 6. The third-order valence-corrected chi connectivity index (χ3v) is 5.35. The van der Waals surface area contributed by atoms with Crippen LogP contribution in [-0.4, -0.2) is 39.0 Å². The number of nitrogens with zero attached hydrogens (tertiary/aromatic N) is 4. The first-order valence-electron chi connectivity index (χ1n) is 9.90. The molecule has 5 rings (SSSR count). The van der Waals surface area contributed by atoms with Crippen LogP contribution >= 0.6 is 0 Å². The first-order valence-corrected chi connectivity index (χ1v) is 9.90. The molecular formula is C23H21N5O2. The van der Waals surface area contributed by atoms with E-state index in [-0.39, 0.29) is 17.6 Å². The highest BCUT2D eigenvalue weighted by Gasteiger charge is 2.32. The van der Waals surface area contributed by atoms with E-state index in [0.29, 0.717) is 13.2 Å². The Hall–Kier alpha value is -3.58. The molecule has 1 N–H and O–H groups in total. The molecule has 0 amide bonds. The molecule has 4 heterocycles. The predicted octanol–water partition coefficient (Wildman–Crippen LogP) is 3.21. The first kappa shape index (κ1) is 18.4. The maximum atomic E-state index is 12.6. The summed E-state index contributed by atoms with van der Waals surface area (Å²) >= 11 is 0. The van der Waals surface area contributed by atoms with Crippen molar-refractivity contribution in [2.45, 2.75) is 19.0 Å². The molecule has 0 bridgehead atoms. The highest BCUT2D eigenvalue weighted by atomic mass is 16.5. The number of benzene rings is 1. The molecule has 1 aromatic carbocycles. The summed E-state index contributed by atoms with van der Waals surface area (Å²) in [4.78, 5) is 21.3. The zero-order valence-electron chi connectivity index (χ0n) is 16.5. The number of para-hydroxylation sites is 1. The van der Waals surface area contributed by atoms with E-state index in [1.54, 1.807) is 24.5 Å². The van der Waals surface area contributed by atoms with E-state index in [1.807, 2.05) is 49.4 Å². The molecule has 0 radical (unpaired) electrons. The summed E-state index contributed by atoms with van der Waals surface area (Å²) in [5.41, 5.74) is 4.35. The van der Waals surface area contributed by atoms with Crippen LogP contribution in [0.3, 0.4) is 0 Å². The topological polar surface area (TPSA) is 81.9 Å². The first-order chi connectivity index (χ1) is 14.7. The third-order valence-electron chi connectivity index (χ3n) is 5.35. The lowest BCUT2D eigenvalue weighted by atomic mass is 10.1. The van der Waals surface area contributed by atoms with Crippen molar-refractivity contribution < 1.29 is 4.74 Å². The van der Waals surface area contributed by atoms with Crippen LogP contribution in [0.5, 0.6) is 0 Å². The molecule has 30 heavy (non-hydrogen) atoms. The maximum absolute atomic E-state index is 12.6. The summed E-state index contributed by atoms with van der Waals surface area (Å²) in [5, 5.41) is 9.27. The van der Waals surface area contributed by atoms with Crippen molar-refractivity contribution in [2.75, 3.05) is 18.5 Å². The van der Waals surface area contributed by atoms with Gasteiger partial charge in [-0.2, -0.15) is 5.10 Å². The second kappa shape index (κ2) is 7.68. The summed E-state index contributed by atoms with van der Waals surface area (Å²) in [6, 6.07) is 16.8. The second-order valence-electron chi connectivity index (χ2n) is 7.42. The minimum Gasteiger partial charge on any atom is -0.377 e. The van der Waals surface area contributed by atoms with Gasteiger partial charge >= 0.3 is 0 Å². The van der Waals surface area contributed by atoms with Gasteiger partial charge in [-0.1, -0.05) is 18.2 Å². The van der Waals surface area contributed by atoms with Crippen LogP contribution in [0.25, 0.3) is 22.2 Å². The molecule has 1 aliphatic heterocycles. The van der Waals surface area contributed by atoms with Crippen LogP contribution in [0.15, 0.2) is 71.8 Å². The predicted molar refractivity (Wildman–Crippen MR) is 115 cm³/mol. The van der Waals surface area contributed by atoms with Crippen molar-refractivity contribution in [1.29, 1.82) is 0 Å². The minimum atomic E-state index is -0.216. The number of hydrogen-bond donors (Lipinski definition) is 1. The van der Waals surface area contributed by atoms with Crippen molar-refractivity contribution in [2.24, 2.45) is 0 Å². The molecule has 1 fully saturated rings. The van der Waals surface area contributed by atoms with Gasteiger partial charge in [-0.25, -0.2) is 4.68 Å². The highest BCUT2D eigenvalue weighted by molar-refractivity contribution is 5.91. The molecule has 7 nitrogen and oxygen atoms in total. The number of aryl methyl sites for hydroxylation is 1. The van der Waals surface area contributed by atoms with E-state index in [9.17, 15) is 4.79 Å². The van der Waals surface area contributed by atoms with Crippen molar-refractivity contribution in [3.05, 3.63) is 83.0 Å². The normalized spacial score (nSPS) is 18.6. The van der Waals surface area contributed by atoms with Gasteiger partial charge < -0.3 is 10.1 Å². The zero-order chi connectivity index (χ0) is 20.5. The van der Waals surface area contributed by atoms with Gasteiger partial charge in [0, 0.05) is 40.8 Å². The van der Waals surface area contributed by atoms with Crippen LogP contribution in [-0.2, 0) is 4.74 Å². The lowest BCUT2D eigenvalue weighted by Crippen LogP contribution is -2.37. The van der Waals surface area contributed by atoms with E-state index >= 15 is 0 Å². The van der Waals surface area contributed by atoms with Gasteiger partial charge in [-0.05, 0) is 37.3 Å². The Morgan fingerprint density at radius 2 is 1.90 bits per heavy atom. The van der Waals surface area contributed by atoms with Gasteiger partial charge in [0.2, 0.25) is 0 Å². The summed E-state index contributed by atoms with van der Waals surface area (Å²) < 4.78 is 7.29. The van der Waals surface area contributed by atoms with Crippen molar-refractivity contribution in [1.82, 2.24) is 19.7 Å². The molecule has 150 valence electrons. The second-order valence-corrected chi connectivity index (χ2v) is 7.42. The lowest BCUT2D eigenvalue weighted by Gasteiger charge is -2.22. The number of ether oxygens (including phenoxy) is 1. The van der Waals surface area contributed by atoms with Crippen molar-refractivity contribution in [3.8, 4) is 11.3 Å². The molecule has 2 atom stereocenters. The molecule has 3 aromatic heterocycles. The van der Waals surface area contributed by atoms with Gasteiger partial charge in [0.15, 0.2) is 0 Å². The molecule has 1 saturated heterocycles. The molecule has 0 aliphatic carbocycles. The van der Waals surface area contributed by atoms with Gasteiger partial charge in [0.1, 0.15) is 6.04 Å². The molecule has 0 saturated carbocycles. The summed E-state index contributed by atoms with van der Waals surface area (Å²) in [5.74, 6) is 0. The largest absolute Gasteiger partial charge is 0.377 e. The van der Waals surface area contributed by atoms with Crippen LogP contribution < -0.4 is 10.9 Å². The minimum absolute atomic E-state index is 0.0897. The Kier molecular flexibility index (Phi) is 4.72. The molecule has 2 unspecified atom stereocenters. The van der Waals surface area contributed by atoms with Crippen LogP contribution in [0.1, 0.15) is 11.7 Å². The van der Waals surface area contributed by atoms with Crippen molar-refractivity contribution in [3.63, 3.8) is 0 Å². The average Bonchev–Trinajstić information content (AvgIpc) is 3.22. The Bertz CT molecular complexity index is 1260. The van der Waals surface area contributed by atoms with E-state index in [4.69, 9.17) is 4.74 Å². The summed E-state index contributed by atoms with van der Waals surface area (Å²) in [7, 11) is 0. The van der Waals surface area contributed by atoms with Gasteiger partial charge in [-0.3, -0.25) is 14.8 Å². The van der Waals surface area contributed by atoms with E-state index < -0.39 is 0 Å². The molecule has 4 aromatic rings. The average molecular weight is 399 g/mol. The van der Waals surface area contributed by atoms with Crippen LogP contribution in [0.2, 0.25) is 0 Å². The Labute approximate surface area is 173 Å². The van der Waals surface area contributed by atoms with Crippen molar-refractivity contribution >= 4 is 16.6 Å². The molecule has 0 spiro atoms. The zero-order valence-corrected chi connectivity index (χ0v) is 16.5. The number of pyridine rings is 2. The number of nitrogens with one attached hydrogen (secondary N) is 1. The monoisotopic (exact) mass is 399 g/mol. The van der Waals surface area contributed by atoms with E-state index in [2.05, 4.69) is 20.4 Å². The fraction of sp³-hybridized carbons (Fsp3) is 0.217. The van der Waals surface area contributed by atoms with E-state index in [1.165, 1.54) is 4.68 Å².